The SMILES string of the molecule is COCC(C)CNS(=O)(=O)c1cccc(F)c1C(N)=S. The van der Waals surface area contributed by atoms with E-state index >= 15 is 0 Å². The fourth-order valence-electron chi connectivity index (χ4n) is 1.64. The van der Waals surface area contributed by atoms with Crippen LogP contribution in [0.1, 0.15) is 12.5 Å². The standard InChI is InChI=1S/C12H17FN2O3S2/c1-8(7-18-2)6-15-20(16,17)10-5-3-4-9(13)11(10)12(14)19/h3-5,8,15H,6-7H2,1-2H3,(H2,14,19). The number of sulfonamides is 1. The van der Waals surface area contributed by atoms with Gasteiger partial charge in [-0.15, -0.1) is 0 Å². The highest BCUT2D eigenvalue weighted by Gasteiger charge is 2.22. The van der Waals surface area contributed by atoms with E-state index in [1.54, 1.807) is 0 Å². The van der Waals surface area contributed by atoms with Crippen LogP contribution in [-0.2, 0) is 14.8 Å². The van der Waals surface area contributed by atoms with Crippen molar-refractivity contribution in [3.8, 4) is 0 Å². The molecular formula is C12H17FN2O3S2. The molecule has 0 bridgehead atoms. The molecule has 0 heterocycles. The molecule has 1 unspecified atom stereocenters. The van der Waals surface area contributed by atoms with Crippen molar-refractivity contribution in [3.05, 3.63) is 29.6 Å². The number of thiocarbonyl (C=S) groups is 1. The van der Waals surface area contributed by atoms with Gasteiger partial charge >= 0.3 is 0 Å². The van der Waals surface area contributed by atoms with Gasteiger partial charge in [-0.2, -0.15) is 0 Å². The third-order valence-corrected chi connectivity index (χ3v) is 4.25. The molecule has 8 heteroatoms. The van der Waals surface area contributed by atoms with Crippen LogP contribution in [0.3, 0.4) is 0 Å². The molecule has 1 aromatic carbocycles. The second-order valence-electron chi connectivity index (χ2n) is 4.39. The van der Waals surface area contributed by atoms with Gasteiger partial charge in [-0.25, -0.2) is 17.5 Å². The average molecular weight is 320 g/mol. The Morgan fingerprint density at radius 1 is 1.55 bits per heavy atom. The normalized spacial score (nSPS) is 13.2. The predicted octanol–water partition coefficient (Wildman–Crippen LogP) is 1.02. The maximum Gasteiger partial charge on any atom is 0.241 e. The molecular weight excluding hydrogens is 303 g/mol. The fraction of sp³-hybridized carbons (Fsp3) is 0.417. The first kappa shape index (κ1) is 17.0. The molecule has 1 aromatic rings. The highest BCUT2D eigenvalue weighted by molar-refractivity contribution is 7.89. The lowest BCUT2D eigenvalue weighted by molar-refractivity contribution is 0.161. The van der Waals surface area contributed by atoms with Crippen LogP contribution in [-0.4, -0.2) is 33.7 Å². The van der Waals surface area contributed by atoms with E-state index in [9.17, 15) is 12.8 Å². The average Bonchev–Trinajstić information content (AvgIpc) is 2.36. The summed E-state index contributed by atoms with van der Waals surface area (Å²) >= 11 is 4.71. The molecule has 112 valence electrons. The van der Waals surface area contributed by atoms with E-state index in [1.807, 2.05) is 6.92 Å². The first-order chi connectivity index (χ1) is 9.29. The van der Waals surface area contributed by atoms with Crippen LogP contribution < -0.4 is 10.5 Å². The predicted molar refractivity (Wildman–Crippen MR) is 78.5 cm³/mol. The summed E-state index contributed by atoms with van der Waals surface area (Å²) in [4.78, 5) is -0.553. The first-order valence-corrected chi connectivity index (χ1v) is 7.75. The van der Waals surface area contributed by atoms with Crippen LogP contribution in [0.5, 0.6) is 0 Å². The smallest absolute Gasteiger partial charge is 0.241 e. The number of benzene rings is 1. The lowest BCUT2D eigenvalue weighted by atomic mass is 10.2. The zero-order valence-corrected chi connectivity index (χ0v) is 12.9. The van der Waals surface area contributed by atoms with Gasteiger partial charge < -0.3 is 10.5 Å². The van der Waals surface area contributed by atoms with Gasteiger partial charge in [0.2, 0.25) is 10.0 Å². The third-order valence-electron chi connectivity index (χ3n) is 2.58. The summed E-state index contributed by atoms with van der Waals surface area (Å²) in [5.74, 6) is -0.776. The van der Waals surface area contributed by atoms with Crippen LogP contribution in [0.2, 0.25) is 0 Å². The molecule has 20 heavy (non-hydrogen) atoms. The number of hydrogen-bond donors (Lipinski definition) is 2. The molecule has 5 nitrogen and oxygen atoms in total. The molecule has 0 saturated carbocycles. The van der Waals surface area contributed by atoms with Gasteiger partial charge in [-0.1, -0.05) is 25.2 Å². The van der Waals surface area contributed by atoms with Gasteiger partial charge in [0, 0.05) is 20.3 Å². The van der Waals surface area contributed by atoms with Crippen molar-refractivity contribution in [2.45, 2.75) is 11.8 Å². The number of nitrogens with two attached hydrogens (primary N) is 1. The molecule has 1 atom stereocenters. The topological polar surface area (TPSA) is 81.4 Å². The number of ether oxygens (including phenoxy) is 1. The van der Waals surface area contributed by atoms with E-state index in [0.717, 1.165) is 6.07 Å². The molecule has 0 aliphatic rings. The number of nitrogens with one attached hydrogen (secondary N) is 1. The fourth-order valence-corrected chi connectivity index (χ4v) is 3.31. The summed E-state index contributed by atoms with van der Waals surface area (Å²) in [5.41, 5.74) is 5.13. The second kappa shape index (κ2) is 7.07. The maximum atomic E-state index is 13.7. The maximum absolute atomic E-state index is 13.7. The lowest BCUT2D eigenvalue weighted by Gasteiger charge is -2.14. The van der Waals surface area contributed by atoms with Gasteiger partial charge in [0.25, 0.3) is 0 Å². The molecule has 0 radical (unpaired) electrons. The van der Waals surface area contributed by atoms with E-state index in [-0.39, 0.29) is 27.9 Å². The second-order valence-corrected chi connectivity index (χ2v) is 6.56. The Kier molecular flexibility index (Phi) is 6.00. The molecule has 0 aliphatic carbocycles. The molecule has 0 fully saturated rings. The van der Waals surface area contributed by atoms with Crippen LogP contribution in [0, 0.1) is 11.7 Å². The van der Waals surface area contributed by atoms with Crippen molar-refractivity contribution in [2.75, 3.05) is 20.3 Å². The van der Waals surface area contributed by atoms with Crippen LogP contribution in [0.15, 0.2) is 23.1 Å². The number of halogens is 1. The number of methoxy groups -OCH3 is 1. The largest absolute Gasteiger partial charge is 0.389 e. The summed E-state index contributed by atoms with van der Waals surface area (Å²) in [7, 11) is -2.35. The molecule has 0 aliphatic heterocycles. The summed E-state index contributed by atoms with van der Waals surface area (Å²) in [5, 5.41) is 0. The summed E-state index contributed by atoms with van der Waals surface area (Å²) < 4.78 is 45.4. The van der Waals surface area contributed by atoms with E-state index < -0.39 is 15.8 Å². The van der Waals surface area contributed by atoms with Gasteiger partial charge in [0.15, 0.2) is 0 Å². The van der Waals surface area contributed by atoms with Crippen molar-refractivity contribution >= 4 is 27.2 Å². The molecule has 0 amide bonds. The van der Waals surface area contributed by atoms with Gasteiger partial charge in [-0.3, -0.25) is 0 Å². The zero-order chi connectivity index (χ0) is 15.3. The Hall–Kier alpha value is -1.09. The van der Waals surface area contributed by atoms with E-state index in [0.29, 0.717) is 6.61 Å². The van der Waals surface area contributed by atoms with Crippen molar-refractivity contribution in [2.24, 2.45) is 11.7 Å². The number of hydrogen-bond acceptors (Lipinski definition) is 4. The molecule has 0 saturated heterocycles. The highest BCUT2D eigenvalue weighted by atomic mass is 32.2. The lowest BCUT2D eigenvalue weighted by Crippen LogP contribution is -2.31. The Morgan fingerprint density at radius 2 is 2.20 bits per heavy atom. The van der Waals surface area contributed by atoms with E-state index in [4.69, 9.17) is 22.7 Å². The van der Waals surface area contributed by atoms with E-state index in [2.05, 4.69) is 4.72 Å². The molecule has 0 spiro atoms. The summed E-state index contributed by atoms with van der Waals surface area (Å²) in [6, 6.07) is 3.67. The van der Waals surface area contributed by atoms with Gasteiger partial charge in [0.05, 0.1) is 10.5 Å². The Morgan fingerprint density at radius 3 is 2.75 bits per heavy atom. The minimum Gasteiger partial charge on any atom is -0.389 e. The Balaban J connectivity index is 3.04. The van der Waals surface area contributed by atoms with Crippen molar-refractivity contribution in [1.29, 1.82) is 0 Å². The van der Waals surface area contributed by atoms with Crippen LogP contribution in [0.25, 0.3) is 0 Å². The third kappa shape index (κ3) is 4.20. The highest BCUT2D eigenvalue weighted by Crippen LogP contribution is 2.19. The van der Waals surface area contributed by atoms with E-state index in [1.165, 1.54) is 19.2 Å². The van der Waals surface area contributed by atoms with Crippen molar-refractivity contribution in [3.63, 3.8) is 0 Å². The quantitative estimate of drug-likeness (QED) is 0.733. The minimum absolute atomic E-state index is 0.0170. The Labute approximate surface area is 123 Å². The zero-order valence-electron chi connectivity index (χ0n) is 11.2. The monoisotopic (exact) mass is 320 g/mol. The summed E-state index contributed by atoms with van der Waals surface area (Å²) in [6.07, 6.45) is 0. The van der Waals surface area contributed by atoms with Gasteiger partial charge in [0.1, 0.15) is 10.8 Å². The van der Waals surface area contributed by atoms with Crippen LogP contribution in [0.4, 0.5) is 4.39 Å². The first-order valence-electron chi connectivity index (χ1n) is 5.86. The Bertz CT molecular complexity index is 590. The van der Waals surface area contributed by atoms with Crippen molar-refractivity contribution in [1.82, 2.24) is 4.72 Å². The number of rotatable bonds is 7. The molecule has 3 N–H and O–H groups in total. The van der Waals surface area contributed by atoms with Crippen molar-refractivity contribution < 1.29 is 17.5 Å². The van der Waals surface area contributed by atoms with Gasteiger partial charge in [-0.05, 0) is 18.1 Å². The molecule has 0 aromatic heterocycles. The summed E-state index contributed by atoms with van der Waals surface area (Å²) in [6.45, 7) is 2.41. The minimum atomic E-state index is -3.88. The van der Waals surface area contributed by atoms with Crippen LogP contribution >= 0.6 is 12.2 Å². The molecule has 1 rings (SSSR count).